The number of amides is 1. The van der Waals surface area contributed by atoms with Crippen LogP contribution in [0.2, 0.25) is 0 Å². The van der Waals surface area contributed by atoms with Gasteiger partial charge >= 0.3 is 0 Å². The van der Waals surface area contributed by atoms with Crippen molar-refractivity contribution in [3.63, 3.8) is 0 Å². The molecular formula is C15H17N5O2. The Bertz CT molecular complexity index is 820. The molecule has 0 saturated heterocycles. The first-order chi connectivity index (χ1) is 10.6. The van der Waals surface area contributed by atoms with Gasteiger partial charge in [0.25, 0.3) is 0 Å². The molecule has 1 atom stereocenters. The molecule has 1 amide bonds. The molecule has 0 radical (unpaired) electrons. The average molecular weight is 299 g/mol. The zero-order valence-electron chi connectivity index (χ0n) is 12.6. The maximum Gasteiger partial charge on any atom is 0.246 e. The summed E-state index contributed by atoms with van der Waals surface area (Å²) in [4.78, 5) is 16.7. The maximum atomic E-state index is 12.4. The highest BCUT2D eigenvalue weighted by molar-refractivity contribution is 5.96. The summed E-state index contributed by atoms with van der Waals surface area (Å²) in [5, 5.41) is 9.96. The highest BCUT2D eigenvalue weighted by Crippen LogP contribution is 2.21. The maximum absolute atomic E-state index is 12.4. The molecule has 0 aliphatic rings. The number of fused-ring (bicyclic) bond motifs is 1. The molecule has 0 spiro atoms. The van der Waals surface area contributed by atoms with E-state index in [0.717, 1.165) is 11.1 Å². The fourth-order valence-electron chi connectivity index (χ4n) is 2.37. The lowest BCUT2D eigenvalue weighted by molar-refractivity contribution is -0.118. The van der Waals surface area contributed by atoms with Gasteiger partial charge in [0.05, 0.1) is 6.20 Å². The summed E-state index contributed by atoms with van der Waals surface area (Å²) in [6.45, 7) is 1.79. The number of oxazole rings is 1. The standard InChI is InChI=1S/C15H17N5O2/c1-9-18-12-5-4-11(6-13(12)22-9)19-15(21)14(16-2)10-7-17-20(3)8-10/h4-8,14,16H,1-3H3,(H,19,21). The summed E-state index contributed by atoms with van der Waals surface area (Å²) in [7, 11) is 3.55. The van der Waals surface area contributed by atoms with Crippen LogP contribution in [0.4, 0.5) is 5.69 Å². The van der Waals surface area contributed by atoms with Crippen molar-refractivity contribution in [3.8, 4) is 0 Å². The minimum absolute atomic E-state index is 0.161. The molecule has 1 unspecified atom stereocenters. The average Bonchev–Trinajstić information content (AvgIpc) is 3.04. The van der Waals surface area contributed by atoms with E-state index in [9.17, 15) is 4.79 Å². The SMILES string of the molecule is CNC(C(=O)Nc1ccc2nc(C)oc2c1)c1cnn(C)c1. The first kappa shape index (κ1) is 14.3. The van der Waals surface area contributed by atoms with Crippen LogP contribution in [-0.2, 0) is 11.8 Å². The predicted octanol–water partition coefficient (Wildman–Crippen LogP) is 1.77. The Hall–Kier alpha value is -2.67. The van der Waals surface area contributed by atoms with E-state index in [4.69, 9.17) is 4.42 Å². The summed E-state index contributed by atoms with van der Waals surface area (Å²) >= 11 is 0. The van der Waals surface area contributed by atoms with E-state index >= 15 is 0 Å². The van der Waals surface area contributed by atoms with E-state index < -0.39 is 6.04 Å². The van der Waals surface area contributed by atoms with E-state index in [-0.39, 0.29) is 5.91 Å². The van der Waals surface area contributed by atoms with E-state index in [2.05, 4.69) is 20.7 Å². The van der Waals surface area contributed by atoms with Crippen molar-refractivity contribution < 1.29 is 9.21 Å². The second-order valence-corrected chi connectivity index (χ2v) is 5.07. The zero-order chi connectivity index (χ0) is 15.7. The molecule has 2 N–H and O–H groups in total. The summed E-state index contributed by atoms with van der Waals surface area (Å²) in [5.74, 6) is 0.438. The number of nitrogens with zero attached hydrogens (tertiary/aromatic N) is 3. The van der Waals surface area contributed by atoms with Crippen molar-refractivity contribution in [3.05, 3.63) is 42.0 Å². The van der Waals surface area contributed by atoms with Gasteiger partial charge in [-0.1, -0.05) is 0 Å². The first-order valence-corrected chi connectivity index (χ1v) is 6.90. The Balaban J connectivity index is 1.81. The zero-order valence-corrected chi connectivity index (χ0v) is 12.6. The second-order valence-electron chi connectivity index (χ2n) is 5.07. The Morgan fingerprint density at radius 1 is 1.41 bits per heavy atom. The first-order valence-electron chi connectivity index (χ1n) is 6.90. The van der Waals surface area contributed by atoms with Crippen LogP contribution >= 0.6 is 0 Å². The van der Waals surface area contributed by atoms with Crippen molar-refractivity contribution in [2.75, 3.05) is 12.4 Å². The van der Waals surface area contributed by atoms with Crippen LogP contribution in [0.15, 0.2) is 35.0 Å². The highest BCUT2D eigenvalue weighted by atomic mass is 16.3. The van der Waals surface area contributed by atoms with Crippen molar-refractivity contribution in [2.45, 2.75) is 13.0 Å². The fourth-order valence-corrected chi connectivity index (χ4v) is 2.37. The summed E-state index contributed by atoms with van der Waals surface area (Å²) < 4.78 is 7.14. The number of carbonyl (C=O) groups excluding carboxylic acids is 1. The van der Waals surface area contributed by atoms with Crippen LogP contribution in [0, 0.1) is 6.92 Å². The fraction of sp³-hybridized carbons (Fsp3) is 0.267. The van der Waals surface area contributed by atoms with E-state index in [1.165, 1.54) is 0 Å². The van der Waals surface area contributed by atoms with E-state index in [0.29, 0.717) is 17.2 Å². The third kappa shape index (κ3) is 2.71. The Kier molecular flexibility index (Phi) is 3.64. The van der Waals surface area contributed by atoms with Crippen LogP contribution in [-0.4, -0.2) is 27.7 Å². The molecule has 0 saturated carbocycles. The Labute approximate surface area is 127 Å². The minimum Gasteiger partial charge on any atom is -0.441 e. The highest BCUT2D eigenvalue weighted by Gasteiger charge is 2.20. The van der Waals surface area contributed by atoms with Crippen molar-refractivity contribution in [1.82, 2.24) is 20.1 Å². The third-order valence-corrected chi connectivity index (χ3v) is 3.37. The molecule has 7 nitrogen and oxygen atoms in total. The number of likely N-dealkylation sites (N-methyl/N-ethyl adjacent to an activating group) is 1. The lowest BCUT2D eigenvalue weighted by atomic mass is 10.1. The predicted molar refractivity (Wildman–Crippen MR) is 82.4 cm³/mol. The van der Waals surface area contributed by atoms with Crippen LogP contribution in [0.1, 0.15) is 17.5 Å². The number of carbonyl (C=O) groups is 1. The van der Waals surface area contributed by atoms with Gasteiger partial charge in [-0.25, -0.2) is 4.98 Å². The molecule has 7 heteroatoms. The summed E-state index contributed by atoms with van der Waals surface area (Å²) in [6.07, 6.45) is 3.48. The van der Waals surface area contributed by atoms with Crippen molar-refractivity contribution in [1.29, 1.82) is 0 Å². The smallest absolute Gasteiger partial charge is 0.246 e. The van der Waals surface area contributed by atoms with Gasteiger partial charge in [0.15, 0.2) is 11.5 Å². The summed E-state index contributed by atoms with van der Waals surface area (Å²) in [6, 6.07) is 4.92. The molecule has 2 aromatic heterocycles. The van der Waals surface area contributed by atoms with Crippen LogP contribution < -0.4 is 10.6 Å². The molecular weight excluding hydrogens is 282 g/mol. The number of aromatic nitrogens is 3. The third-order valence-electron chi connectivity index (χ3n) is 3.37. The van der Waals surface area contributed by atoms with Gasteiger partial charge in [-0.3, -0.25) is 9.48 Å². The number of nitrogens with one attached hydrogen (secondary N) is 2. The van der Waals surface area contributed by atoms with Crippen molar-refractivity contribution in [2.24, 2.45) is 7.05 Å². The lowest BCUT2D eigenvalue weighted by Gasteiger charge is -2.14. The molecule has 3 aromatic rings. The van der Waals surface area contributed by atoms with Crippen molar-refractivity contribution >= 4 is 22.7 Å². The van der Waals surface area contributed by atoms with Gasteiger partial charge in [0.1, 0.15) is 11.6 Å². The number of rotatable bonds is 4. The van der Waals surface area contributed by atoms with E-state index in [1.807, 2.05) is 19.3 Å². The number of benzene rings is 1. The molecule has 3 rings (SSSR count). The summed E-state index contributed by atoms with van der Waals surface area (Å²) in [5.41, 5.74) is 2.89. The van der Waals surface area contributed by atoms with Crippen LogP contribution in [0.25, 0.3) is 11.1 Å². The van der Waals surface area contributed by atoms with Gasteiger partial charge in [-0.05, 0) is 19.2 Å². The van der Waals surface area contributed by atoms with Crippen LogP contribution in [0.3, 0.4) is 0 Å². The molecule has 22 heavy (non-hydrogen) atoms. The molecule has 114 valence electrons. The van der Waals surface area contributed by atoms with Gasteiger partial charge in [0.2, 0.25) is 5.91 Å². The largest absolute Gasteiger partial charge is 0.441 e. The molecule has 0 fully saturated rings. The molecule has 1 aromatic carbocycles. The number of hydrogen-bond donors (Lipinski definition) is 2. The van der Waals surface area contributed by atoms with Gasteiger partial charge < -0.3 is 15.1 Å². The van der Waals surface area contributed by atoms with Gasteiger partial charge in [0, 0.05) is 37.5 Å². The normalized spacial score (nSPS) is 12.5. The van der Waals surface area contributed by atoms with Gasteiger partial charge in [-0.2, -0.15) is 5.10 Å². The quantitative estimate of drug-likeness (QED) is 0.767. The molecule has 0 aliphatic heterocycles. The van der Waals surface area contributed by atoms with Gasteiger partial charge in [-0.15, -0.1) is 0 Å². The topological polar surface area (TPSA) is 85.0 Å². The Morgan fingerprint density at radius 2 is 2.23 bits per heavy atom. The number of anilines is 1. The van der Waals surface area contributed by atoms with Crippen LogP contribution in [0.5, 0.6) is 0 Å². The molecule has 0 aliphatic carbocycles. The molecule has 0 bridgehead atoms. The monoisotopic (exact) mass is 299 g/mol. The molecule has 2 heterocycles. The number of aryl methyl sites for hydroxylation is 2. The Morgan fingerprint density at radius 3 is 2.91 bits per heavy atom. The second kappa shape index (κ2) is 5.61. The number of hydrogen-bond acceptors (Lipinski definition) is 5. The lowest BCUT2D eigenvalue weighted by Crippen LogP contribution is -2.30. The minimum atomic E-state index is -0.471. The van der Waals surface area contributed by atoms with E-state index in [1.54, 1.807) is 37.0 Å².